The van der Waals surface area contributed by atoms with Gasteiger partial charge in [-0.1, -0.05) is 35.3 Å². The van der Waals surface area contributed by atoms with Gasteiger partial charge < -0.3 is 9.88 Å². The fourth-order valence-corrected chi connectivity index (χ4v) is 4.67. The van der Waals surface area contributed by atoms with Gasteiger partial charge in [-0.2, -0.15) is 0 Å². The smallest absolute Gasteiger partial charge is 0.151 e. The van der Waals surface area contributed by atoms with Crippen LogP contribution >= 0.6 is 30.3 Å². The summed E-state index contributed by atoms with van der Waals surface area (Å²) in [6.45, 7) is 7.02. The molecule has 1 N–H and O–H groups in total. The maximum absolute atomic E-state index is 15.0. The van der Waals surface area contributed by atoms with Crippen molar-refractivity contribution in [1.82, 2.24) is 15.0 Å². The Labute approximate surface area is 201 Å². The number of aromatic nitrogens is 3. The number of pyridine rings is 3. The summed E-state index contributed by atoms with van der Waals surface area (Å²) in [6.07, 6.45) is 1.48. The Bertz CT molecular complexity index is 1410. The van der Waals surface area contributed by atoms with Gasteiger partial charge in [0.25, 0.3) is 0 Å². The lowest BCUT2D eigenvalue weighted by Crippen LogP contribution is -2.10. The molecule has 0 saturated carbocycles. The van der Waals surface area contributed by atoms with Crippen molar-refractivity contribution in [2.75, 3.05) is 18.6 Å². The van der Waals surface area contributed by atoms with E-state index in [1.807, 2.05) is 31.2 Å². The van der Waals surface area contributed by atoms with E-state index in [2.05, 4.69) is 20.3 Å². The standard InChI is InChI=1S/C24H22Cl2FN4OP/c1-13(15-6-5-7-17(25)10-15)30-24-21(26)14(2)29-19-11-18(27)22(31-23(19)24)16-8-9-20(28-12-16)33(3,4)32/h5-13H,1-4H3,(H,29,30). The van der Waals surface area contributed by atoms with Crippen LogP contribution in [0.4, 0.5) is 10.1 Å². The summed E-state index contributed by atoms with van der Waals surface area (Å²) in [5.41, 5.74) is 3.97. The molecule has 4 rings (SSSR count). The van der Waals surface area contributed by atoms with Gasteiger partial charge in [0, 0.05) is 28.9 Å². The first-order valence-corrected chi connectivity index (χ1v) is 13.6. The van der Waals surface area contributed by atoms with E-state index >= 15 is 4.39 Å². The topological polar surface area (TPSA) is 67.8 Å². The number of hydrogen-bond acceptors (Lipinski definition) is 5. The summed E-state index contributed by atoms with van der Waals surface area (Å²) in [5, 5.41) is 4.44. The first-order chi connectivity index (χ1) is 15.5. The van der Waals surface area contributed by atoms with Crippen molar-refractivity contribution in [3.8, 4) is 11.3 Å². The Balaban J connectivity index is 1.83. The molecular formula is C24H22Cl2FN4OP. The molecule has 0 radical (unpaired) electrons. The zero-order valence-electron chi connectivity index (χ0n) is 18.5. The van der Waals surface area contributed by atoms with Crippen LogP contribution in [-0.2, 0) is 4.57 Å². The highest BCUT2D eigenvalue weighted by Crippen LogP contribution is 2.37. The molecule has 1 unspecified atom stereocenters. The number of rotatable bonds is 5. The van der Waals surface area contributed by atoms with E-state index in [1.165, 1.54) is 12.3 Å². The number of benzene rings is 1. The minimum Gasteiger partial charge on any atom is -0.375 e. The molecule has 0 amide bonds. The normalized spacial score (nSPS) is 12.7. The first-order valence-electron chi connectivity index (χ1n) is 10.2. The minimum absolute atomic E-state index is 0.115. The van der Waals surface area contributed by atoms with E-state index in [4.69, 9.17) is 23.2 Å². The molecule has 0 aliphatic carbocycles. The van der Waals surface area contributed by atoms with Crippen LogP contribution < -0.4 is 10.8 Å². The van der Waals surface area contributed by atoms with E-state index in [9.17, 15) is 4.57 Å². The fraction of sp³-hybridized carbons (Fsp3) is 0.208. The molecule has 4 aromatic rings. The molecule has 33 heavy (non-hydrogen) atoms. The number of halogens is 3. The second-order valence-corrected chi connectivity index (χ2v) is 12.2. The van der Waals surface area contributed by atoms with Crippen molar-refractivity contribution in [3.63, 3.8) is 0 Å². The van der Waals surface area contributed by atoms with Crippen molar-refractivity contribution in [2.24, 2.45) is 0 Å². The molecule has 3 heterocycles. The average molecular weight is 503 g/mol. The molecule has 170 valence electrons. The lowest BCUT2D eigenvalue weighted by Gasteiger charge is -2.19. The molecule has 5 nitrogen and oxygen atoms in total. The first kappa shape index (κ1) is 23.6. The number of anilines is 1. The molecule has 1 atom stereocenters. The maximum atomic E-state index is 15.0. The molecule has 0 aliphatic heterocycles. The molecule has 0 fully saturated rings. The van der Waals surface area contributed by atoms with E-state index in [1.54, 1.807) is 32.4 Å². The maximum Gasteiger partial charge on any atom is 0.151 e. The minimum atomic E-state index is -2.52. The predicted molar refractivity (Wildman–Crippen MR) is 135 cm³/mol. The second kappa shape index (κ2) is 9.02. The monoisotopic (exact) mass is 502 g/mol. The Hall–Kier alpha value is -2.53. The fourth-order valence-electron chi connectivity index (χ4n) is 3.52. The number of aryl methyl sites for hydroxylation is 1. The zero-order valence-corrected chi connectivity index (χ0v) is 20.9. The van der Waals surface area contributed by atoms with Gasteiger partial charge >= 0.3 is 0 Å². The van der Waals surface area contributed by atoms with Crippen LogP contribution in [0.5, 0.6) is 0 Å². The third-order valence-electron chi connectivity index (χ3n) is 5.30. The van der Waals surface area contributed by atoms with Crippen LogP contribution in [0.25, 0.3) is 22.3 Å². The lowest BCUT2D eigenvalue weighted by atomic mass is 10.1. The number of nitrogens with zero attached hydrogens (tertiary/aromatic N) is 3. The molecule has 0 aliphatic rings. The van der Waals surface area contributed by atoms with Crippen LogP contribution in [0.15, 0.2) is 48.7 Å². The second-order valence-electron chi connectivity index (χ2n) is 8.25. The summed E-state index contributed by atoms with van der Waals surface area (Å²) in [6, 6.07) is 12.0. The van der Waals surface area contributed by atoms with E-state index in [-0.39, 0.29) is 11.7 Å². The molecular weight excluding hydrogens is 481 g/mol. The highest BCUT2D eigenvalue weighted by molar-refractivity contribution is 7.69. The van der Waals surface area contributed by atoms with Crippen LogP contribution in [0.3, 0.4) is 0 Å². The van der Waals surface area contributed by atoms with Gasteiger partial charge in [0.05, 0.1) is 27.4 Å². The number of hydrogen-bond donors (Lipinski definition) is 1. The molecule has 1 aromatic carbocycles. The quantitative estimate of drug-likeness (QED) is 0.301. The van der Waals surface area contributed by atoms with Crippen LogP contribution in [0.2, 0.25) is 10.0 Å². The van der Waals surface area contributed by atoms with Gasteiger partial charge in [-0.15, -0.1) is 0 Å². The van der Waals surface area contributed by atoms with Gasteiger partial charge in [0.15, 0.2) is 5.82 Å². The van der Waals surface area contributed by atoms with Gasteiger partial charge in [0.1, 0.15) is 18.4 Å². The summed E-state index contributed by atoms with van der Waals surface area (Å²) >= 11 is 12.8. The van der Waals surface area contributed by atoms with E-state index in [0.717, 1.165) is 5.56 Å². The third-order valence-corrected chi connectivity index (χ3v) is 7.37. The lowest BCUT2D eigenvalue weighted by molar-refractivity contribution is 0.588. The van der Waals surface area contributed by atoms with Gasteiger partial charge in [0.2, 0.25) is 0 Å². The van der Waals surface area contributed by atoms with Crippen molar-refractivity contribution < 1.29 is 8.96 Å². The Morgan fingerprint density at radius 2 is 1.85 bits per heavy atom. The van der Waals surface area contributed by atoms with E-state index in [0.29, 0.717) is 43.5 Å². The Morgan fingerprint density at radius 1 is 1.09 bits per heavy atom. The van der Waals surface area contributed by atoms with Crippen molar-refractivity contribution >= 4 is 52.5 Å². The number of fused-ring (bicyclic) bond motifs is 1. The Morgan fingerprint density at radius 3 is 2.48 bits per heavy atom. The molecule has 0 saturated heterocycles. The summed E-state index contributed by atoms with van der Waals surface area (Å²) in [7, 11) is -2.52. The zero-order chi connectivity index (χ0) is 23.9. The highest BCUT2D eigenvalue weighted by Gasteiger charge is 2.20. The van der Waals surface area contributed by atoms with Gasteiger partial charge in [-0.05, 0) is 57.0 Å². The predicted octanol–water partition coefficient (Wildman–Crippen LogP) is 6.87. The van der Waals surface area contributed by atoms with Crippen molar-refractivity contribution in [2.45, 2.75) is 19.9 Å². The average Bonchev–Trinajstić information content (AvgIpc) is 2.76. The summed E-state index contributed by atoms with van der Waals surface area (Å²) in [5.74, 6) is -0.531. The van der Waals surface area contributed by atoms with Gasteiger partial charge in [-0.3, -0.25) is 4.98 Å². The van der Waals surface area contributed by atoms with Crippen LogP contribution in [0.1, 0.15) is 24.2 Å². The van der Waals surface area contributed by atoms with Gasteiger partial charge in [-0.25, -0.2) is 14.4 Å². The van der Waals surface area contributed by atoms with Crippen LogP contribution in [-0.4, -0.2) is 28.3 Å². The third kappa shape index (κ3) is 4.89. The summed E-state index contributed by atoms with van der Waals surface area (Å²) < 4.78 is 27.3. The van der Waals surface area contributed by atoms with Crippen molar-refractivity contribution in [3.05, 3.63) is 75.8 Å². The molecule has 3 aromatic heterocycles. The molecule has 9 heteroatoms. The summed E-state index contributed by atoms with van der Waals surface area (Å²) in [4.78, 5) is 13.3. The van der Waals surface area contributed by atoms with E-state index < -0.39 is 13.0 Å². The highest BCUT2D eigenvalue weighted by atomic mass is 35.5. The van der Waals surface area contributed by atoms with Crippen LogP contribution in [0, 0.1) is 12.7 Å². The number of nitrogens with one attached hydrogen (secondary N) is 1. The Kier molecular flexibility index (Phi) is 6.45. The molecule has 0 bridgehead atoms. The molecule has 0 spiro atoms. The largest absolute Gasteiger partial charge is 0.375 e. The van der Waals surface area contributed by atoms with Crippen molar-refractivity contribution in [1.29, 1.82) is 0 Å². The SMILES string of the molecule is Cc1nc2cc(F)c(-c3ccc(P(C)(C)=O)nc3)nc2c(NC(C)c2cccc(Cl)c2)c1Cl.